The number of rotatable bonds is 4. The predicted octanol–water partition coefficient (Wildman–Crippen LogP) is -2.80. The summed E-state index contributed by atoms with van der Waals surface area (Å²) in [6.07, 6.45) is -0.196. The van der Waals surface area contributed by atoms with Crippen molar-refractivity contribution in [1.82, 2.24) is 26.2 Å². The van der Waals surface area contributed by atoms with E-state index in [4.69, 9.17) is 4.74 Å². The minimum atomic E-state index is -0.673. The second-order valence-corrected chi connectivity index (χ2v) is 3.49. The number of hydrazine groups is 2. The minimum absolute atomic E-state index is 0.312. The molecule has 0 spiro atoms. The highest BCUT2D eigenvalue weighted by Crippen LogP contribution is 2.04. The van der Waals surface area contributed by atoms with E-state index in [0.29, 0.717) is 32.8 Å². The molecule has 3 N–H and O–H groups in total. The highest BCUT2D eigenvalue weighted by molar-refractivity contribution is 5.81. The molecule has 90 valence electrons. The van der Waals surface area contributed by atoms with Crippen LogP contribution in [0.3, 0.4) is 0 Å². The van der Waals surface area contributed by atoms with Crippen LogP contribution in [0.25, 0.3) is 0 Å². The Morgan fingerprint density at radius 1 is 1.56 bits per heavy atom. The van der Waals surface area contributed by atoms with Crippen LogP contribution in [0.5, 0.6) is 0 Å². The lowest BCUT2D eigenvalue weighted by atomic mass is 10.5. The van der Waals surface area contributed by atoms with Crippen LogP contribution in [0.1, 0.15) is 0 Å². The van der Waals surface area contributed by atoms with Crippen molar-refractivity contribution in [2.45, 2.75) is 6.23 Å². The second kappa shape index (κ2) is 5.21. The minimum Gasteiger partial charge on any atom is -0.352 e. The Labute approximate surface area is 92.8 Å². The summed E-state index contributed by atoms with van der Waals surface area (Å²) in [6, 6.07) is 0. The molecule has 2 saturated heterocycles. The van der Waals surface area contributed by atoms with Gasteiger partial charge in [0.15, 0.2) is 6.23 Å². The topological polar surface area (TPSA) is 85.9 Å². The summed E-state index contributed by atoms with van der Waals surface area (Å²) in [5.41, 5.74) is 2.37. The third-order valence-corrected chi connectivity index (χ3v) is 2.45. The number of nitrogens with one attached hydrogen (secondary N) is 3. The molecule has 2 heterocycles. The molecule has 2 amide bonds. The van der Waals surface area contributed by atoms with E-state index in [-0.39, 0.29) is 5.91 Å². The van der Waals surface area contributed by atoms with Crippen molar-refractivity contribution in [2.24, 2.45) is 0 Å². The zero-order valence-electron chi connectivity index (χ0n) is 8.81. The van der Waals surface area contributed by atoms with Gasteiger partial charge in [-0.2, -0.15) is 10.1 Å². The van der Waals surface area contributed by atoms with E-state index in [9.17, 15) is 9.59 Å². The Morgan fingerprint density at radius 3 is 3.00 bits per heavy atom. The van der Waals surface area contributed by atoms with Gasteiger partial charge in [-0.1, -0.05) is 0 Å². The molecule has 0 aromatic heterocycles. The molecule has 0 bridgehead atoms. The van der Waals surface area contributed by atoms with Crippen molar-refractivity contribution in [3.05, 3.63) is 0 Å². The molecule has 0 saturated carbocycles. The zero-order valence-corrected chi connectivity index (χ0v) is 8.81. The highest BCUT2D eigenvalue weighted by atomic mass is 16.5. The van der Waals surface area contributed by atoms with Crippen LogP contribution >= 0.6 is 0 Å². The van der Waals surface area contributed by atoms with Gasteiger partial charge in [-0.3, -0.25) is 20.3 Å². The maximum Gasteiger partial charge on any atom is 0.300 e. The van der Waals surface area contributed by atoms with Gasteiger partial charge >= 0.3 is 0 Å². The van der Waals surface area contributed by atoms with E-state index in [0.717, 1.165) is 6.54 Å². The largest absolute Gasteiger partial charge is 0.352 e. The van der Waals surface area contributed by atoms with Crippen molar-refractivity contribution in [1.29, 1.82) is 0 Å². The third kappa shape index (κ3) is 2.30. The van der Waals surface area contributed by atoms with Crippen molar-refractivity contribution >= 4 is 12.3 Å². The number of nitrogens with zero attached hydrogens (tertiary/aromatic N) is 2. The Bertz CT molecular complexity index is 262. The summed E-state index contributed by atoms with van der Waals surface area (Å²) in [5, 5.41) is 8.87. The Kier molecular flexibility index (Phi) is 3.67. The molecule has 16 heavy (non-hydrogen) atoms. The normalized spacial score (nSPS) is 25.6. The quantitative estimate of drug-likeness (QED) is 0.357. The van der Waals surface area contributed by atoms with E-state index in [2.05, 4.69) is 16.1 Å². The average molecular weight is 229 g/mol. The van der Waals surface area contributed by atoms with Crippen LogP contribution in [-0.4, -0.2) is 61.6 Å². The van der Waals surface area contributed by atoms with Crippen molar-refractivity contribution < 1.29 is 14.3 Å². The summed E-state index contributed by atoms with van der Waals surface area (Å²) in [7, 11) is 0. The number of ether oxygens (including phenoxy) is 1. The van der Waals surface area contributed by atoms with Gasteiger partial charge in [0.25, 0.3) is 5.91 Å². The number of carbonyl (C=O) groups excluding carboxylic acids is 2. The van der Waals surface area contributed by atoms with Crippen LogP contribution in [0.2, 0.25) is 0 Å². The predicted molar refractivity (Wildman–Crippen MR) is 53.4 cm³/mol. The number of hydrogen-bond donors (Lipinski definition) is 3. The van der Waals surface area contributed by atoms with Crippen molar-refractivity contribution in [2.75, 3.05) is 32.9 Å². The van der Waals surface area contributed by atoms with Gasteiger partial charge in [-0.15, -0.1) is 0 Å². The molecular formula is C8H15N5O3. The SMILES string of the molecule is O=CNN(C(=O)C1NCCO1)N1CCNC1. The van der Waals surface area contributed by atoms with Crippen LogP contribution in [0, 0.1) is 0 Å². The van der Waals surface area contributed by atoms with E-state index in [1.807, 2.05) is 0 Å². The van der Waals surface area contributed by atoms with Gasteiger partial charge in [-0.05, 0) is 0 Å². The van der Waals surface area contributed by atoms with Crippen LogP contribution in [-0.2, 0) is 14.3 Å². The third-order valence-electron chi connectivity index (χ3n) is 2.45. The van der Waals surface area contributed by atoms with E-state index >= 15 is 0 Å². The maximum atomic E-state index is 12.0. The number of hydrogen-bond acceptors (Lipinski definition) is 6. The average Bonchev–Trinajstić information content (AvgIpc) is 2.96. The van der Waals surface area contributed by atoms with Crippen LogP contribution < -0.4 is 16.1 Å². The second-order valence-electron chi connectivity index (χ2n) is 3.49. The molecule has 2 fully saturated rings. The summed E-state index contributed by atoms with van der Waals surface area (Å²) in [5.74, 6) is -0.312. The summed E-state index contributed by atoms with van der Waals surface area (Å²) in [6.45, 7) is 3.12. The Balaban J connectivity index is 1.99. The molecule has 0 aromatic carbocycles. The standard InChI is InChI=1S/C8H15N5O3/c14-6-11-13(12-3-1-9-5-12)8(15)7-10-2-4-16-7/h6-7,9-10H,1-5H2,(H,11,14). The van der Waals surface area contributed by atoms with E-state index < -0.39 is 6.23 Å². The lowest BCUT2D eigenvalue weighted by Gasteiger charge is -2.30. The Morgan fingerprint density at radius 2 is 2.44 bits per heavy atom. The van der Waals surface area contributed by atoms with Crippen molar-refractivity contribution in [3.8, 4) is 0 Å². The fourth-order valence-corrected chi connectivity index (χ4v) is 1.70. The Hall–Kier alpha value is -1.22. The lowest BCUT2D eigenvalue weighted by Crippen LogP contribution is -2.58. The van der Waals surface area contributed by atoms with Gasteiger partial charge in [-0.25, -0.2) is 0 Å². The first kappa shape index (κ1) is 11.3. The van der Waals surface area contributed by atoms with Crippen LogP contribution in [0.15, 0.2) is 0 Å². The van der Waals surface area contributed by atoms with E-state index in [1.54, 1.807) is 5.01 Å². The molecule has 0 radical (unpaired) electrons. The smallest absolute Gasteiger partial charge is 0.300 e. The van der Waals surface area contributed by atoms with Gasteiger partial charge in [0.2, 0.25) is 6.41 Å². The molecule has 2 rings (SSSR count). The molecule has 2 aliphatic heterocycles. The lowest BCUT2D eigenvalue weighted by molar-refractivity contribution is -0.168. The first-order chi connectivity index (χ1) is 7.83. The summed E-state index contributed by atoms with van der Waals surface area (Å²) in [4.78, 5) is 22.4. The summed E-state index contributed by atoms with van der Waals surface area (Å²) < 4.78 is 5.20. The first-order valence-electron chi connectivity index (χ1n) is 5.17. The number of amides is 2. The zero-order chi connectivity index (χ0) is 11.4. The molecule has 2 aliphatic rings. The number of carbonyl (C=O) groups is 2. The molecule has 8 nitrogen and oxygen atoms in total. The van der Waals surface area contributed by atoms with Crippen molar-refractivity contribution in [3.63, 3.8) is 0 Å². The molecular weight excluding hydrogens is 214 g/mol. The monoisotopic (exact) mass is 229 g/mol. The first-order valence-corrected chi connectivity index (χ1v) is 5.17. The van der Waals surface area contributed by atoms with Gasteiger partial charge in [0.05, 0.1) is 13.3 Å². The fourth-order valence-electron chi connectivity index (χ4n) is 1.70. The molecule has 8 heteroatoms. The highest BCUT2D eigenvalue weighted by Gasteiger charge is 2.32. The summed E-state index contributed by atoms with van der Waals surface area (Å²) >= 11 is 0. The van der Waals surface area contributed by atoms with E-state index in [1.165, 1.54) is 5.12 Å². The molecule has 1 atom stereocenters. The fraction of sp³-hybridized carbons (Fsp3) is 0.750. The molecule has 0 aliphatic carbocycles. The van der Waals surface area contributed by atoms with Gasteiger partial charge in [0, 0.05) is 19.6 Å². The van der Waals surface area contributed by atoms with Gasteiger partial charge in [0.1, 0.15) is 0 Å². The van der Waals surface area contributed by atoms with Crippen LogP contribution in [0.4, 0.5) is 0 Å². The molecule has 1 unspecified atom stereocenters. The maximum absolute atomic E-state index is 12.0. The van der Waals surface area contributed by atoms with Gasteiger partial charge < -0.3 is 10.1 Å². The molecule has 0 aromatic rings.